The summed E-state index contributed by atoms with van der Waals surface area (Å²) < 4.78 is 5.08. The van der Waals surface area contributed by atoms with E-state index in [1.54, 1.807) is 4.90 Å². The van der Waals surface area contributed by atoms with E-state index in [0.717, 1.165) is 0 Å². The number of nitrogens with zero attached hydrogens (tertiary/aromatic N) is 1. The van der Waals surface area contributed by atoms with Crippen molar-refractivity contribution in [2.24, 2.45) is 0 Å². The molecule has 0 saturated heterocycles. The van der Waals surface area contributed by atoms with Gasteiger partial charge in [0.25, 0.3) is 0 Å². The number of amides is 1. The second kappa shape index (κ2) is 6.76. The lowest BCUT2D eigenvalue weighted by molar-refractivity contribution is -0.140. The second-order valence-corrected chi connectivity index (χ2v) is 4.21. The van der Waals surface area contributed by atoms with E-state index in [9.17, 15) is 4.79 Å². The van der Waals surface area contributed by atoms with Crippen LogP contribution in [0.15, 0.2) is 0 Å². The number of rotatable bonds is 6. The minimum Gasteiger partial charge on any atom is -0.394 e. The van der Waals surface area contributed by atoms with Crippen molar-refractivity contribution in [3.8, 4) is 0 Å². The van der Waals surface area contributed by atoms with Crippen LogP contribution >= 0.6 is 0 Å². The third-order valence-corrected chi connectivity index (χ3v) is 1.94. The standard InChI is InChI=1S/C10H21NO4/c1-10(2,3)11(9(14)8-13)4-6-15-7-5-12/h12-13H,4-8H2,1-3H3. The van der Waals surface area contributed by atoms with Crippen molar-refractivity contribution in [2.45, 2.75) is 26.3 Å². The normalized spacial score (nSPS) is 11.5. The summed E-state index contributed by atoms with van der Waals surface area (Å²) in [6, 6.07) is 0. The SMILES string of the molecule is CC(C)(C)N(CCOCCO)C(=O)CO. The van der Waals surface area contributed by atoms with Crippen molar-refractivity contribution in [3.05, 3.63) is 0 Å². The van der Waals surface area contributed by atoms with Crippen molar-refractivity contribution in [3.63, 3.8) is 0 Å². The third kappa shape index (κ3) is 5.71. The van der Waals surface area contributed by atoms with E-state index in [1.165, 1.54) is 0 Å². The number of carbonyl (C=O) groups excluding carboxylic acids is 1. The molecular formula is C10H21NO4. The van der Waals surface area contributed by atoms with E-state index in [0.29, 0.717) is 13.2 Å². The van der Waals surface area contributed by atoms with E-state index in [-0.39, 0.29) is 24.7 Å². The highest BCUT2D eigenvalue weighted by molar-refractivity contribution is 5.77. The molecule has 0 aromatic rings. The molecule has 5 heteroatoms. The maximum atomic E-state index is 11.4. The molecule has 0 aromatic carbocycles. The minimum absolute atomic E-state index is 0.0243. The molecule has 90 valence electrons. The van der Waals surface area contributed by atoms with Crippen molar-refractivity contribution < 1.29 is 19.7 Å². The van der Waals surface area contributed by atoms with E-state index >= 15 is 0 Å². The first kappa shape index (κ1) is 14.3. The number of hydrogen-bond acceptors (Lipinski definition) is 4. The first-order valence-corrected chi connectivity index (χ1v) is 5.03. The molecule has 0 aromatic heterocycles. The Labute approximate surface area is 90.6 Å². The Morgan fingerprint density at radius 3 is 2.27 bits per heavy atom. The van der Waals surface area contributed by atoms with Crippen LogP contribution in [-0.2, 0) is 9.53 Å². The highest BCUT2D eigenvalue weighted by Gasteiger charge is 2.25. The van der Waals surface area contributed by atoms with Gasteiger partial charge in [-0.3, -0.25) is 4.79 Å². The maximum Gasteiger partial charge on any atom is 0.248 e. The maximum absolute atomic E-state index is 11.4. The molecule has 0 aliphatic carbocycles. The number of carbonyl (C=O) groups is 1. The first-order valence-electron chi connectivity index (χ1n) is 5.03. The zero-order valence-electron chi connectivity index (χ0n) is 9.69. The van der Waals surface area contributed by atoms with Crippen molar-refractivity contribution in [1.29, 1.82) is 0 Å². The summed E-state index contributed by atoms with van der Waals surface area (Å²) in [5.74, 6) is -0.310. The average Bonchev–Trinajstić information content (AvgIpc) is 2.15. The fourth-order valence-electron chi connectivity index (χ4n) is 1.24. The summed E-state index contributed by atoms with van der Waals surface area (Å²) in [5, 5.41) is 17.3. The van der Waals surface area contributed by atoms with Crippen LogP contribution in [0.1, 0.15) is 20.8 Å². The summed E-state index contributed by atoms with van der Waals surface area (Å²) in [6.07, 6.45) is 0. The average molecular weight is 219 g/mol. The molecule has 0 heterocycles. The molecule has 0 unspecified atom stereocenters. The molecule has 5 nitrogen and oxygen atoms in total. The smallest absolute Gasteiger partial charge is 0.248 e. The summed E-state index contributed by atoms with van der Waals surface area (Å²) in [6.45, 7) is 6.23. The van der Waals surface area contributed by atoms with Crippen LogP contribution in [0.5, 0.6) is 0 Å². The van der Waals surface area contributed by atoms with E-state index in [2.05, 4.69) is 0 Å². The minimum atomic E-state index is -0.489. The van der Waals surface area contributed by atoms with Crippen molar-refractivity contribution >= 4 is 5.91 Å². The summed E-state index contributed by atoms with van der Waals surface area (Å²) in [7, 11) is 0. The van der Waals surface area contributed by atoms with Gasteiger partial charge in [-0.15, -0.1) is 0 Å². The quantitative estimate of drug-likeness (QED) is 0.597. The van der Waals surface area contributed by atoms with Crippen LogP contribution < -0.4 is 0 Å². The van der Waals surface area contributed by atoms with Crippen LogP contribution in [0.3, 0.4) is 0 Å². The Hall–Kier alpha value is -0.650. The molecule has 0 aliphatic rings. The molecule has 0 radical (unpaired) electrons. The molecule has 0 fully saturated rings. The van der Waals surface area contributed by atoms with E-state index < -0.39 is 6.61 Å². The molecule has 1 amide bonds. The Bertz CT molecular complexity index is 188. The molecular weight excluding hydrogens is 198 g/mol. The molecule has 0 bridgehead atoms. The Balaban J connectivity index is 4.09. The van der Waals surface area contributed by atoms with Gasteiger partial charge in [-0.25, -0.2) is 0 Å². The van der Waals surface area contributed by atoms with Crippen LogP contribution in [0.25, 0.3) is 0 Å². The molecule has 0 saturated carbocycles. The van der Waals surface area contributed by atoms with Crippen LogP contribution in [-0.4, -0.2) is 59.5 Å². The molecule has 0 aliphatic heterocycles. The van der Waals surface area contributed by atoms with Crippen molar-refractivity contribution in [1.82, 2.24) is 4.90 Å². The fourth-order valence-corrected chi connectivity index (χ4v) is 1.24. The predicted octanol–water partition coefficient (Wildman–Crippen LogP) is -0.385. The van der Waals surface area contributed by atoms with E-state index in [4.69, 9.17) is 14.9 Å². The zero-order valence-corrected chi connectivity index (χ0v) is 9.69. The monoisotopic (exact) mass is 219 g/mol. The van der Waals surface area contributed by atoms with Gasteiger partial charge in [0.1, 0.15) is 6.61 Å². The van der Waals surface area contributed by atoms with Gasteiger partial charge >= 0.3 is 0 Å². The molecule has 0 spiro atoms. The van der Waals surface area contributed by atoms with Crippen LogP contribution in [0.2, 0.25) is 0 Å². The lowest BCUT2D eigenvalue weighted by Gasteiger charge is -2.35. The molecule has 2 N–H and O–H groups in total. The van der Waals surface area contributed by atoms with Crippen LogP contribution in [0.4, 0.5) is 0 Å². The van der Waals surface area contributed by atoms with Gasteiger partial charge in [-0.05, 0) is 20.8 Å². The largest absolute Gasteiger partial charge is 0.394 e. The Morgan fingerprint density at radius 2 is 1.87 bits per heavy atom. The number of hydrogen-bond donors (Lipinski definition) is 2. The summed E-state index contributed by atoms with van der Waals surface area (Å²) >= 11 is 0. The summed E-state index contributed by atoms with van der Waals surface area (Å²) in [4.78, 5) is 13.0. The first-order chi connectivity index (χ1) is 6.93. The number of ether oxygens (including phenoxy) is 1. The van der Waals surface area contributed by atoms with Gasteiger partial charge in [-0.1, -0.05) is 0 Å². The predicted molar refractivity (Wildman–Crippen MR) is 56.5 cm³/mol. The van der Waals surface area contributed by atoms with Gasteiger partial charge < -0.3 is 19.8 Å². The van der Waals surface area contributed by atoms with Gasteiger partial charge in [0.15, 0.2) is 0 Å². The molecule has 15 heavy (non-hydrogen) atoms. The second-order valence-electron chi connectivity index (χ2n) is 4.21. The van der Waals surface area contributed by atoms with Crippen LogP contribution in [0, 0.1) is 0 Å². The zero-order chi connectivity index (χ0) is 11.9. The third-order valence-electron chi connectivity index (χ3n) is 1.94. The van der Waals surface area contributed by atoms with Crippen molar-refractivity contribution in [2.75, 3.05) is 33.0 Å². The van der Waals surface area contributed by atoms with Gasteiger partial charge in [0.2, 0.25) is 5.91 Å². The molecule has 0 atom stereocenters. The lowest BCUT2D eigenvalue weighted by Crippen LogP contribution is -2.48. The topological polar surface area (TPSA) is 70.0 Å². The van der Waals surface area contributed by atoms with Gasteiger partial charge in [0, 0.05) is 12.1 Å². The Morgan fingerprint density at radius 1 is 1.27 bits per heavy atom. The van der Waals surface area contributed by atoms with E-state index in [1.807, 2.05) is 20.8 Å². The van der Waals surface area contributed by atoms with Gasteiger partial charge in [-0.2, -0.15) is 0 Å². The summed E-state index contributed by atoms with van der Waals surface area (Å²) in [5.41, 5.74) is -0.331. The Kier molecular flexibility index (Phi) is 6.47. The number of aliphatic hydroxyl groups is 2. The highest BCUT2D eigenvalue weighted by Crippen LogP contribution is 2.12. The van der Waals surface area contributed by atoms with Gasteiger partial charge in [0.05, 0.1) is 19.8 Å². The molecule has 0 rings (SSSR count). The fraction of sp³-hybridized carbons (Fsp3) is 0.900. The number of aliphatic hydroxyl groups excluding tert-OH is 2. The highest BCUT2D eigenvalue weighted by atomic mass is 16.5. The lowest BCUT2D eigenvalue weighted by atomic mass is 10.1.